The summed E-state index contributed by atoms with van der Waals surface area (Å²) in [5, 5.41) is 34.1. The number of para-hydroxylation sites is 1. The maximum atomic E-state index is 12.6. The molecule has 0 aliphatic heterocycles. The van der Waals surface area contributed by atoms with Crippen LogP contribution in [0.25, 0.3) is 6.08 Å². The van der Waals surface area contributed by atoms with Crippen LogP contribution in [-0.4, -0.2) is 28.8 Å². The fraction of sp³-hybridized carbons (Fsp3) is 0.0417. The summed E-state index contributed by atoms with van der Waals surface area (Å²) in [4.78, 5) is 45.9. The SMILES string of the molecule is COc1ccc(NC(=O)/C(C#N)=C/c2ccc(OC(=O)c3ccccc3[N+](=O)[O-])cc2)c([N+](=O)[O-])c1. The third-order valence-electron chi connectivity index (χ3n) is 4.74. The zero-order valence-electron chi connectivity index (χ0n) is 18.5. The van der Waals surface area contributed by atoms with Gasteiger partial charge in [-0.2, -0.15) is 5.26 Å². The van der Waals surface area contributed by atoms with Gasteiger partial charge in [0.05, 0.1) is 23.0 Å². The highest BCUT2D eigenvalue weighted by Gasteiger charge is 2.21. The molecule has 3 aromatic carbocycles. The third kappa shape index (κ3) is 5.86. The summed E-state index contributed by atoms with van der Waals surface area (Å²) < 4.78 is 10.1. The van der Waals surface area contributed by atoms with Gasteiger partial charge in [0.15, 0.2) is 0 Å². The van der Waals surface area contributed by atoms with E-state index in [9.17, 15) is 35.1 Å². The fourth-order valence-corrected chi connectivity index (χ4v) is 3.00. The van der Waals surface area contributed by atoms with Crippen LogP contribution >= 0.6 is 0 Å². The minimum Gasteiger partial charge on any atom is -0.496 e. The van der Waals surface area contributed by atoms with Crippen molar-refractivity contribution in [3.63, 3.8) is 0 Å². The van der Waals surface area contributed by atoms with E-state index in [2.05, 4.69) is 5.32 Å². The maximum Gasteiger partial charge on any atom is 0.350 e. The van der Waals surface area contributed by atoms with Crippen LogP contribution in [0.2, 0.25) is 0 Å². The van der Waals surface area contributed by atoms with Gasteiger partial charge >= 0.3 is 5.97 Å². The van der Waals surface area contributed by atoms with Gasteiger partial charge in [-0.05, 0) is 42.0 Å². The molecule has 12 heteroatoms. The number of benzene rings is 3. The molecule has 0 spiro atoms. The Morgan fingerprint density at radius 2 is 1.58 bits per heavy atom. The summed E-state index contributed by atoms with van der Waals surface area (Å²) in [5.74, 6) is -1.51. The quantitative estimate of drug-likeness (QED) is 0.121. The van der Waals surface area contributed by atoms with Gasteiger partial charge in [0.1, 0.15) is 34.4 Å². The number of nitro groups is 2. The molecule has 0 fully saturated rings. The number of nitriles is 1. The molecule has 0 radical (unpaired) electrons. The molecule has 12 nitrogen and oxygen atoms in total. The van der Waals surface area contributed by atoms with Crippen LogP contribution in [0.5, 0.6) is 11.5 Å². The van der Waals surface area contributed by atoms with Gasteiger partial charge in [-0.1, -0.05) is 24.3 Å². The van der Waals surface area contributed by atoms with Gasteiger partial charge < -0.3 is 14.8 Å². The highest BCUT2D eigenvalue weighted by molar-refractivity contribution is 6.10. The first-order valence-corrected chi connectivity index (χ1v) is 10.0. The standard InChI is InChI=1S/C24H16N4O8/c1-35-18-10-11-20(22(13-18)28(33)34)26-23(29)16(14-25)12-15-6-8-17(9-7-15)36-24(30)19-4-2-3-5-21(19)27(31)32/h2-13H,1H3,(H,26,29)/b16-12+. The Kier molecular flexibility index (Phi) is 7.68. The molecule has 0 saturated carbocycles. The van der Waals surface area contributed by atoms with Crippen LogP contribution in [-0.2, 0) is 4.79 Å². The van der Waals surface area contributed by atoms with Gasteiger partial charge in [-0.15, -0.1) is 0 Å². The summed E-state index contributed by atoms with van der Waals surface area (Å²) in [7, 11) is 1.34. The number of amides is 1. The summed E-state index contributed by atoms with van der Waals surface area (Å²) in [5.41, 5.74) is -1.11. The van der Waals surface area contributed by atoms with E-state index < -0.39 is 33.1 Å². The minimum atomic E-state index is -0.927. The number of methoxy groups -OCH3 is 1. The lowest BCUT2D eigenvalue weighted by atomic mass is 10.1. The van der Waals surface area contributed by atoms with Crippen molar-refractivity contribution >= 4 is 35.0 Å². The number of carbonyl (C=O) groups is 2. The first kappa shape index (κ1) is 25.1. The lowest BCUT2D eigenvalue weighted by molar-refractivity contribution is -0.385. The van der Waals surface area contributed by atoms with E-state index in [-0.39, 0.29) is 28.3 Å². The Bertz CT molecular complexity index is 1420. The summed E-state index contributed by atoms with van der Waals surface area (Å²) >= 11 is 0. The number of hydrogen-bond donors (Lipinski definition) is 1. The van der Waals surface area contributed by atoms with Crippen molar-refractivity contribution in [2.75, 3.05) is 12.4 Å². The molecule has 0 aromatic heterocycles. The van der Waals surface area contributed by atoms with E-state index in [1.54, 1.807) is 6.07 Å². The topological polar surface area (TPSA) is 175 Å². The highest BCUT2D eigenvalue weighted by Crippen LogP contribution is 2.29. The van der Waals surface area contributed by atoms with Crippen molar-refractivity contribution in [1.29, 1.82) is 5.26 Å². The molecule has 180 valence electrons. The molecule has 0 unspecified atom stereocenters. The molecule has 0 bridgehead atoms. The third-order valence-corrected chi connectivity index (χ3v) is 4.74. The number of nitrogens with zero attached hydrogens (tertiary/aromatic N) is 3. The average molecular weight is 488 g/mol. The molecule has 36 heavy (non-hydrogen) atoms. The van der Waals surface area contributed by atoms with Crippen molar-refractivity contribution in [3.8, 4) is 17.6 Å². The van der Waals surface area contributed by atoms with Crippen LogP contribution in [0, 0.1) is 31.6 Å². The van der Waals surface area contributed by atoms with Crippen LogP contribution in [0.4, 0.5) is 17.1 Å². The van der Waals surface area contributed by atoms with Crippen molar-refractivity contribution in [2.24, 2.45) is 0 Å². The van der Waals surface area contributed by atoms with E-state index >= 15 is 0 Å². The van der Waals surface area contributed by atoms with Crippen molar-refractivity contribution in [3.05, 3.63) is 104 Å². The molecule has 0 saturated heterocycles. The number of nitrogens with one attached hydrogen (secondary N) is 1. The van der Waals surface area contributed by atoms with Gasteiger partial charge in [-0.3, -0.25) is 25.0 Å². The lowest BCUT2D eigenvalue weighted by Gasteiger charge is -2.07. The number of nitro benzene ring substituents is 2. The molecule has 0 aliphatic carbocycles. The second-order valence-electron chi connectivity index (χ2n) is 7.00. The van der Waals surface area contributed by atoms with Crippen molar-refractivity contribution in [2.45, 2.75) is 0 Å². The Labute approximate surface area is 203 Å². The monoisotopic (exact) mass is 488 g/mol. The maximum absolute atomic E-state index is 12.6. The molecule has 1 N–H and O–H groups in total. The van der Waals surface area contributed by atoms with E-state index in [1.807, 2.05) is 0 Å². The molecule has 1 amide bonds. The first-order valence-electron chi connectivity index (χ1n) is 10.0. The normalized spacial score (nSPS) is 10.6. The summed E-state index contributed by atoms with van der Waals surface area (Å²) in [6, 6.07) is 16.5. The molecule has 0 heterocycles. The average Bonchev–Trinajstić information content (AvgIpc) is 2.88. The second kappa shape index (κ2) is 11.0. The van der Waals surface area contributed by atoms with E-state index in [1.165, 1.54) is 73.8 Å². The van der Waals surface area contributed by atoms with Crippen molar-refractivity contribution in [1.82, 2.24) is 0 Å². The molecule has 0 atom stereocenters. The van der Waals surface area contributed by atoms with Crippen LogP contribution < -0.4 is 14.8 Å². The number of anilines is 1. The lowest BCUT2D eigenvalue weighted by Crippen LogP contribution is -2.14. The number of hydrogen-bond acceptors (Lipinski definition) is 9. The fourth-order valence-electron chi connectivity index (χ4n) is 3.00. The largest absolute Gasteiger partial charge is 0.496 e. The van der Waals surface area contributed by atoms with E-state index in [0.29, 0.717) is 5.56 Å². The zero-order valence-corrected chi connectivity index (χ0v) is 18.5. The number of esters is 1. The Hall–Kier alpha value is -5.57. The minimum absolute atomic E-state index is 0.0760. The number of rotatable bonds is 8. The van der Waals surface area contributed by atoms with Crippen molar-refractivity contribution < 1.29 is 28.9 Å². The molecule has 3 aromatic rings. The summed E-state index contributed by atoms with van der Waals surface area (Å²) in [6.07, 6.45) is 1.23. The highest BCUT2D eigenvalue weighted by atomic mass is 16.6. The molecule has 0 aliphatic rings. The Morgan fingerprint density at radius 3 is 2.19 bits per heavy atom. The van der Waals surface area contributed by atoms with Gasteiger partial charge in [0.25, 0.3) is 17.3 Å². The molecular formula is C24H16N4O8. The second-order valence-corrected chi connectivity index (χ2v) is 7.00. The Morgan fingerprint density at radius 1 is 0.944 bits per heavy atom. The number of carbonyl (C=O) groups excluding carboxylic acids is 2. The van der Waals surface area contributed by atoms with Gasteiger partial charge in [-0.25, -0.2) is 4.79 Å². The van der Waals surface area contributed by atoms with Crippen LogP contribution in [0.15, 0.2) is 72.3 Å². The van der Waals surface area contributed by atoms with Crippen LogP contribution in [0.3, 0.4) is 0 Å². The van der Waals surface area contributed by atoms with E-state index in [4.69, 9.17) is 9.47 Å². The predicted molar refractivity (Wildman–Crippen MR) is 126 cm³/mol. The Balaban J connectivity index is 1.76. The smallest absolute Gasteiger partial charge is 0.350 e. The predicted octanol–water partition coefficient (Wildman–Crippen LogP) is 4.28. The van der Waals surface area contributed by atoms with Gasteiger partial charge in [0.2, 0.25) is 0 Å². The zero-order chi connectivity index (χ0) is 26.2. The number of ether oxygens (including phenoxy) is 2. The molecular weight excluding hydrogens is 472 g/mol. The van der Waals surface area contributed by atoms with E-state index in [0.717, 1.165) is 6.07 Å². The summed E-state index contributed by atoms with van der Waals surface area (Å²) in [6.45, 7) is 0. The van der Waals surface area contributed by atoms with Crippen LogP contribution in [0.1, 0.15) is 15.9 Å². The first-order chi connectivity index (χ1) is 17.2. The molecule has 3 rings (SSSR count). The van der Waals surface area contributed by atoms with Gasteiger partial charge in [0, 0.05) is 6.07 Å².